The highest BCUT2D eigenvalue weighted by Crippen LogP contribution is 2.21. The summed E-state index contributed by atoms with van der Waals surface area (Å²) in [6.45, 7) is 2.78. The number of pyridine rings is 1. The van der Waals surface area contributed by atoms with Crippen LogP contribution in [0.25, 0.3) is 11.3 Å². The van der Waals surface area contributed by atoms with Crippen LogP contribution in [-0.2, 0) is 6.54 Å². The summed E-state index contributed by atoms with van der Waals surface area (Å²) in [6.07, 6.45) is 6.40. The summed E-state index contributed by atoms with van der Waals surface area (Å²) in [4.78, 5) is 15.2. The van der Waals surface area contributed by atoms with Crippen molar-refractivity contribution in [3.8, 4) is 11.3 Å². The van der Waals surface area contributed by atoms with E-state index in [9.17, 15) is 9.90 Å². The number of aryl methyl sites for hydroxylation is 1. The fourth-order valence-corrected chi connectivity index (χ4v) is 1.91. The SMILES string of the molecule is CCCCCn1nnc(C(=O)O)c1-c1cccnc1. The number of hydrogen-bond donors (Lipinski definition) is 1. The topological polar surface area (TPSA) is 80.9 Å². The third-order valence-corrected chi connectivity index (χ3v) is 2.85. The van der Waals surface area contributed by atoms with E-state index < -0.39 is 5.97 Å². The van der Waals surface area contributed by atoms with Crippen LogP contribution in [0.4, 0.5) is 0 Å². The second-order valence-corrected chi connectivity index (χ2v) is 4.26. The summed E-state index contributed by atoms with van der Waals surface area (Å²) < 4.78 is 1.65. The van der Waals surface area contributed by atoms with Gasteiger partial charge in [-0.15, -0.1) is 5.10 Å². The molecule has 0 aliphatic rings. The van der Waals surface area contributed by atoms with Gasteiger partial charge in [0.15, 0.2) is 5.69 Å². The van der Waals surface area contributed by atoms with Crippen LogP contribution in [0, 0.1) is 0 Å². The largest absolute Gasteiger partial charge is 0.476 e. The van der Waals surface area contributed by atoms with Crippen LogP contribution in [0.3, 0.4) is 0 Å². The minimum atomic E-state index is -1.07. The number of nitrogens with zero attached hydrogens (tertiary/aromatic N) is 4. The first-order valence-corrected chi connectivity index (χ1v) is 6.31. The van der Waals surface area contributed by atoms with E-state index in [1.165, 1.54) is 0 Å². The zero-order valence-corrected chi connectivity index (χ0v) is 10.8. The second kappa shape index (κ2) is 6.08. The molecule has 0 aliphatic heterocycles. The molecule has 6 nitrogen and oxygen atoms in total. The van der Waals surface area contributed by atoms with Gasteiger partial charge >= 0.3 is 5.97 Å². The van der Waals surface area contributed by atoms with E-state index in [1.807, 2.05) is 6.07 Å². The normalized spacial score (nSPS) is 10.6. The maximum absolute atomic E-state index is 11.2. The molecule has 0 atom stereocenters. The van der Waals surface area contributed by atoms with Crippen molar-refractivity contribution in [2.75, 3.05) is 0 Å². The summed E-state index contributed by atoms with van der Waals surface area (Å²) in [5.41, 5.74) is 1.22. The van der Waals surface area contributed by atoms with E-state index >= 15 is 0 Å². The van der Waals surface area contributed by atoms with E-state index in [4.69, 9.17) is 0 Å². The third-order valence-electron chi connectivity index (χ3n) is 2.85. The van der Waals surface area contributed by atoms with Gasteiger partial charge in [0.1, 0.15) is 5.69 Å². The zero-order chi connectivity index (χ0) is 13.7. The minimum absolute atomic E-state index is 0.0236. The number of unbranched alkanes of at least 4 members (excludes halogenated alkanes) is 2. The fraction of sp³-hybridized carbons (Fsp3) is 0.385. The summed E-state index contributed by atoms with van der Waals surface area (Å²) in [5, 5.41) is 16.9. The highest BCUT2D eigenvalue weighted by atomic mass is 16.4. The third kappa shape index (κ3) is 2.96. The summed E-state index contributed by atoms with van der Waals surface area (Å²) >= 11 is 0. The van der Waals surface area contributed by atoms with Crippen molar-refractivity contribution >= 4 is 5.97 Å². The smallest absolute Gasteiger partial charge is 0.358 e. The van der Waals surface area contributed by atoms with E-state index in [0.717, 1.165) is 24.8 Å². The Bertz CT molecular complexity index is 551. The Morgan fingerprint density at radius 3 is 2.89 bits per heavy atom. The molecular formula is C13H16N4O2. The van der Waals surface area contributed by atoms with Crippen molar-refractivity contribution in [1.82, 2.24) is 20.0 Å². The average Bonchev–Trinajstić information content (AvgIpc) is 2.84. The molecule has 2 aromatic rings. The van der Waals surface area contributed by atoms with Gasteiger partial charge in [-0.05, 0) is 18.6 Å². The molecule has 0 saturated heterocycles. The number of rotatable bonds is 6. The monoisotopic (exact) mass is 260 g/mol. The van der Waals surface area contributed by atoms with E-state index in [2.05, 4.69) is 22.2 Å². The maximum Gasteiger partial charge on any atom is 0.358 e. The quantitative estimate of drug-likeness (QED) is 0.805. The lowest BCUT2D eigenvalue weighted by Gasteiger charge is -2.06. The van der Waals surface area contributed by atoms with Gasteiger partial charge in [0, 0.05) is 24.5 Å². The van der Waals surface area contributed by atoms with Gasteiger partial charge in [0.05, 0.1) is 0 Å². The molecule has 100 valence electrons. The van der Waals surface area contributed by atoms with Crippen molar-refractivity contribution in [2.45, 2.75) is 32.7 Å². The average molecular weight is 260 g/mol. The summed E-state index contributed by atoms with van der Waals surface area (Å²) in [5.74, 6) is -1.07. The molecule has 0 aromatic carbocycles. The molecular weight excluding hydrogens is 244 g/mol. The predicted octanol–water partition coefficient (Wildman–Crippen LogP) is 2.23. The van der Waals surface area contributed by atoms with Gasteiger partial charge in [-0.2, -0.15) is 0 Å². The van der Waals surface area contributed by atoms with Crippen LogP contribution in [0.1, 0.15) is 36.7 Å². The number of aromatic nitrogens is 4. The van der Waals surface area contributed by atoms with Gasteiger partial charge in [-0.3, -0.25) is 4.98 Å². The number of carboxylic acids is 1. The molecule has 0 bridgehead atoms. The molecule has 0 aliphatic carbocycles. The first kappa shape index (κ1) is 13.2. The number of carbonyl (C=O) groups is 1. The van der Waals surface area contributed by atoms with Crippen molar-refractivity contribution in [3.05, 3.63) is 30.2 Å². The molecule has 6 heteroatoms. The molecule has 2 rings (SSSR count). The van der Waals surface area contributed by atoms with Crippen LogP contribution in [-0.4, -0.2) is 31.1 Å². The molecule has 0 radical (unpaired) electrons. The lowest BCUT2D eigenvalue weighted by Crippen LogP contribution is -2.05. The molecule has 0 unspecified atom stereocenters. The fourth-order valence-electron chi connectivity index (χ4n) is 1.91. The minimum Gasteiger partial charge on any atom is -0.476 e. The molecule has 2 heterocycles. The zero-order valence-electron chi connectivity index (χ0n) is 10.8. The van der Waals surface area contributed by atoms with Crippen LogP contribution in [0.15, 0.2) is 24.5 Å². The summed E-state index contributed by atoms with van der Waals surface area (Å²) in [6, 6.07) is 3.58. The Hall–Kier alpha value is -2.24. The molecule has 0 saturated carbocycles. The van der Waals surface area contributed by atoms with E-state index in [-0.39, 0.29) is 5.69 Å². The Kier molecular flexibility index (Phi) is 4.22. The second-order valence-electron chi connectivity index (χ2n) is 4.26. The lowest BCUT2D eigenvalue weighted by molar-refractivity contribution is 0.0691. The number of carboxylic acid groups (broad SMARTS) is 1. The molecule has 2 aromatic heterocycles. The van der Waals surface area contributed by atoms with E-state index in [1.54, 1.807) is 23.1 Å². The number of aromatic carboxylic acids is 1. The molecule has 0 fully saturated rings. The Labute approximate surface area is 111 Å². The Morgan fingerprint density at radius 2 is 2.26 bits per heavy atom. The van der Waals surface area contributed by atoms with Crippen molar-refractivity contribution in [3.63, 3.8) is 0 Å². The predicted molar refractivity (Wildman–Crippen MR) is 69.7 cm³/mol. The highest BCUT2D eigenvalue weighted by Gasteiger charge is 2.20. The molecule has 1 N–H and O–H groups in total. The highest BCUT2D eigenvalue weighted by molar-refractivity contribution is 5.92. The Balaban J connectivity index is 2.37. The van der Waals surface area contributed by atoms with Gasteiger partial charge in [-0.25, -0.2) is 9.48 Å². The first-order valence-electron chi connectivity index (χ1n) is 6.31. The van der Waals surface area contributed by atoms with Gasteiger partial charge < -0.3 is 5.11 Å². The van der Waals surface area contributed by atoms with Gasteiger partial charge in [0.25, 0.3) is 0 Å². The Morgan fingerprint density at radius 1 is 1.42 bits per heavy atom. The lowest BCUT2D eigenvalue weighted by atomic mass is 10.1. The van der Waals surface area contributed by atoms with Crippen LogP contribution >= 0.6 is 0 Å². The van der Waals surface area contributed by atoms with Crippen molar-refractivity contribution in [2.24, 2.45) is 0 Å². The first-order chi connectivity index (χ1) is 9.24. The van der Waals surface area contributed by atoms with Crippen molar-refractivity contribution < 1.29 is 9.90 Å². The van der Waals surface area contributed by atoms with Gasteiger partial charge in [0.2, 0.25) is 0 Å². The van der Waals surface area contributed by atoms with Crippen LogP contribution in [0.2, 0.25) is 0 Å². The van der Waals surface area contributed by atoms with Crippen LogP contribution in [0.5, 0.6) is 0 Å². The number of hydrogen-bond acceptors (Lipinski definition) is 4. The summed E-state index contributed by atoms with van der Waals surface area (Å²) in [7, 11) is 0. The molecule has 19 heavy (non-hydrogen) atoms. The van der Waals surface area contributed by atoms with Crippen molar-refractivity contribution in [1.29, 1.82) is 0 Å². The van der Waals surface area contributed by atoms with Crippen LogP contribution < -0.4 is 0 Å². The molecule has 0 spiro atoms. The maximum atomic E-state index is 11.2. The molecule has 0 amide bonds. The van der Waals surface area contributed by atoms with E-state index in [0.29, 0.717) is 12.2 Å². The standard InChI is InChI=1S/C13H16N4O2/c1-2-3-4-8-17-12(10-6-5-7-14-9-10)11(13(18)19)15-16-17/h5-7,9H,2-4,8H2,1H3,(H,18,19). The van der Waals surface area contributed by atoms with Gasteiger partial charge in [-0.1, -0.05) is 25.0 Å².